The van der Waals surface area contributed by atoms with Gasteiger partial charge in [-0.15, -0.1) is 0 Å². The fourth-order valence-corrected chi connectivity index (χ4v) is 3.75. The highest BCUT2D eigenvalue weighted by atomic mass is 79.9. The third kappa shape index (κ3) is 2.90. The van der Waals surface area contributed by atoms with E-state index in [2.05, 4.69) is 21.2 Å². The monoisotopic (exact) mass is 363 g/mol. The molecule has 1 aliphatic rings. The quantitative estimate of drug-likeness (QED) is 0.865. The van der Waals surface area contributed by atoms with Gasteiger partial charge in [-0.25, -0.2) is 4.79 Å². The minimum atomic E-state index is -1.19. The van der Waals surface area contributed by atoms with Crippen molar-refractivity contribution in [1.29, 1.82) is 0 Å². The Morgan fingerprint density at radius 1 is 1.47 bits per heavy atom. The normalized spacial score (nSPS) is 22.2. The molecule has 102 valence electrons. The van der Waals surface area contributed by atoms with Gasteiger partial charge in [-0.05, 0) is 40.2 Å². The summed E-state index contributed by atoms with van der Waals surface area (Å²) >= 11 is 10.8. The standard InChI is InChI=1S/C12H11BrClNO3S/c13-8-3-1-2-7(9(8)14)10(16)15-12(11(17)18)4-5-19-6-12/h1-3H,4-6H2,(H,15,16)(H,17,18). The van der Waals surface area contributed by atoms with Crippen LogP contribution in [0.2, 0.25) is 5.02 Å². The Labute approximate surface area is 128 Å². The van der Waals surface area contributed by atoms with Crippen LogP contribution in [-0.2, 0) is 4.79 Å². The zero-order valence-corrected chi connectivity index (χ0v) is 12.9. The van der Waals surface area contributed by atoms with Gasteiger partial charge >= 0.3 is 5.97 Å². The second kappa shape index (κ2) is 5.73. The summed E-state index contributed by atoms with van der Waals surface area (Å²) in [5.41, 5.74) is -0.915. The molecular weight excluding hydrogens is 354 g/mol. The number of hydrogen-bond acceptors (Lipinski definition) is 3. The molecule has 0 aliphatic carbocycles. The van der Waals surface area contributed by atoms with Gasteiger partial charge in [0, 0.05) is 10.2 Å². The van der Waals surface area contributed by atoms with Crippen molar-refractivity contribution in [1.82, 2.24) is 5.32 Å². The number of carboxylic acids is 1. The molecule has 1 aromatic rings. The van der Waals surface area contributed by atoms with Gasteiger partial charge in [-0.1, -0.05) is 17.7 Å². The molecule has 2 N–H and O–H groups in total. The minimum Gasteiger partial charge on any atom is -0.479 e. The molecule has 1 atom stereocenters. The fraction of sp³-hybridized carbons (Fsp3) is 0.333. The van der Waals surface area contributed by atoms with Crippen molar-refractivity contribution < 1.29 is 14.7 Å². The van der Waals surface area contributed by atoms with Crippen LogP contribution in [-0.4, -0.2) is 34.0 Å². The average Bonchev–Trinajstić information content (AvgIpc) is 2.82. The van der Waals surface area contributed by atoms with Gasteiger partial charge in [0.15, 0.2) is 0 Å². The molecule has 0 radical (unpaired) electrons. The van der Waals surface area contributed by atoms with E-state index in [9.17, 15) is 14.7 Å². The Bertz CT molecular complexity index is 532. The number of aliphatic carboxylic acids is 1. The Hall–Kier alpha value is -0.720. The molecule has 2 rings (SSSR count). The topological polar surface area (TPSA) is 66.4 Å². The zero-order chi connectivity index (χ0) is 14.0. The van der Waals surface area contributed by atoms with Crippen molar-refractivity contribution in [3.8, 4) is 0 Å². The summed E-state index contributed by atoms with van der Waals surface area (Å²) < 4.78 is 0.604. The van der Waals surface area contributed by atoms with E-state index in [1.54, 1.807) is 18.2 Å². The van der Waals surface area contributed by atoms with Gasteiger partial charge < -0.3 is 10.4 Å². The lowest BCUT2D eigenvalue weighted by molar-refractivity contribution is -0.143. The molecule has 19 heavy (non-hydrogen) atoms. The maximum Gasteiger partial charge on any atom is 0.330 e. The minimum absolute atomic E-state index is 0.272. The highest BCUT2D eigenvalue weighted by molar-refractivity contribution is 9.10. The van der Waals surface area contributed by atoms with Crippen LogP contribution in [0.3, 0.4) is 0 Å². The number of carbonyl (C=O) groups excluding carboxylic acids is 1. The first-order valence-electron chi connectivity index (χ1n) is 5.54. The lowest BCUT2D eigenvalue weighted by Crippen LogP contribution is -2.54. The molecule has 1 aromatic carbocycles. The van der Waals surface area contributed by atoms with Crippen LogP contribution in [0.15, 0.2) is 22.7 Å². The maximum atomic E-state index is 12.2. The summed E-state index contributed by atoms with van der Waals surface area (Å²) in [6.45, 7) is 0. The number of carboxylic acid groups (broad SMARTS) is 1. The number of benzene rings is 1. The van der Waals surface area contributed by atoms with E-state index in [4.69, 9.17) is 11.6 Å². The van der Waals surface area contributed by atoms with Crippen LogP contribution >= 0.6 is 39.3 Å². The van der Waals surface area contributed by atoms with E-state index in [1.807, 2.05) is 0 Å². The molecule has 1 saturated heterocycles. The maximum absolute atomic E-state index is 12.2. The first-order chi connectivity index (χ1) is 8.96. The molecule has 0 aromatic heterocycles. The summed E-state index contributed by atoms with van der Waals surface area (Å²) in [5.74, 6) is -0.369. The SMILES string of the molecule is O=C(NC1(C(=O)O)CCSC1)c1cccc(Br)c1Cl. The Balaban J connectivity index is 2.25. The highest BCUT2D eigenvalue weighted by Crippen LogP contribution is 2.30. The van der Waals surface area contributed by atoms with Crippen molar-refractivity contribution in [3.05, 3.63) is 33.3 Å². The first-order valence-corrected chi connectivity index (χ1v) is 7.86. The van der Waals surface area contributed by atoms with Gasteiger partial charge in [0.05, 0.1) is 10.6 Å². The molecule has 0 spiro atoms. The number of carbonyl (C=O) groups is 2. The molecule has 1 heterocycles. The van der Waals surface area contributed by atoms with E-state index in [-0.39, 0.29) is 10.6 Å². The third-order valence-electron chi connectivity index (χ3n) is 2.98. The molecular formula is C12H11BrClNO3S. The Morgan fingerprint density at radius 2 is 2.21 bits per heavy atom. The van der Waals surface area contributed by atoms with Crippen molar-refractivity contribution in [3.63, 3.8) is 0 Å². The molecule has 0 bridgehead atoms. The lowest BCUT2D eigenvalue weighted by atomic mass is 9.98. The van der Waals surface area contributed by atoms with E-state index >= 15 is 0 Å². The van der Waals surface area contributed by atoms with Gasteiger partial charge in [0.1, 0.15) is 5.54 Å². The van der Waals surface area contributed by atoms with Gasteiger partial charge in [0.25, 0.3) is 5.91 Å². The molecule has 7 heteroatoms. The van der Waals surface area contributed by atoms with Crippen LogP contribution in [0, 0.1) is 0 Å². The smallest absolute Gasteiger partial charge is 0.330 e. The Kier molecular flexibility index (Phi) is 4.43. The number of amides is 1. The lowest BCUT2D eigenvalue weighted by Gasteiger charge is -2.24. The van der Waals surface area contributed by atoms with Crippen LogP contribution < -0.4 is 5.32 Å². The number of thioether (sulfide) groups is 1. The third-order valence-corrected chi connectivity index (χ3v) is 5.47. The van der Waals surface area contributed by atoms with Crippen molar-refractivity contribution in [2.24, 2.45) is 0 Å². The van der Waals surface area contributed by atoms with Crippen LogP contribution in [0.4, 0.5) is 0 Å². The van der Waals surface area contributed by atoms with E-state index < -0.39 is 17.4 Å². The molecule has 1 unspecified atom stereocenters. The second-order valence-corrected chi connectivity index (χ2v) is 6.58. The summed E-state index contributed by atoms with van der Waals surface area (Å²) in [5, 5.41) is 12.2. The van der Waals surface area contributed by atoms with Crippen LogP contribution in [0.25, 0.3) is 0 Å². The summed E-state index contributed by atoms with van der Waals surface area (Å²) in [6, 6.07) is 4.97. The number of hydrogen-bond donors (Lipinski definition) is 2. The predicted octanol–water partition coefficient (Wildman–Crippen LogP) is 2.79. The molecule has 1 amide bonds. The molecule has 0 saturated carbocycles. The van der Waals surface area contributed by atoms with Gasteiger partial charge in [0.2, 0.25) is 0 Å². The number of halogens is 2. The highest BCUT2D eigenvalue weighted by Gasteiger charge is 2.43. The van der Waals surface area contributed by atoms with Gasteiger partial charge in [-0.2, -0.15) is 11.8 Å². The van der Waals surface area contributed by atoms with Crippen molar-refractivity contribution in [2.45, 2.75) is 12.0 Å². The van der Waals surface area contributed by atoms with Crippen LogP contribution in [0.5, 0.6) is 0 Å². The summed E-state index contributed by atoms with van der Waals surface area (Å²) in [7, 11) is 0. The van der Waals surface area contributed by atoms with Gasteiger partial charge in [-0.3, -0.25) is 4.79 Å². The Morgan fingerprint density at radius 3 is 2.79 bits per heavy atom. The fourth-order valence-electron chi connectivity index (χ4n) is 1.85. The average molecular weight is 365 g/mol. The van der Waals surface area contributed by atoms with Crippen molar-refractivity contribution >= 4 is 51.2 Å². The summed E-state index contributed by atoms with van der Waals surface area (Å²) in [6.07, 6.45) is 0.421. The zero-order valence-electron chi connectivity index (χ0n) is 9.78. The number of rotatable bonds is 3. The van der Waals surface area contributed by atoms with E-state index in [0.717, 1.165) is 5.75 Å². The van der Waals surface area contributed by atoms with E-state index in [0.29, 0.717) is 16.6 Å². The predicted molar refractivity (Wildman–Crippen MR) is 78.9 cm³/mol. The summed E-state index contributed by atoms with van der Waals surface area (Å²) in [4.78, 5) is 23.6. The second-order valence-electron chi connectivity index (χ2n) is 4.25. The molecule has 1 fully saturated rings. The van der Waals surface area contributed by atoms with E-state index in [1.165, 1.54) is 11.8 Å². The largest absolute Gasteiger partial charge is 0.479 e. The van der Waals surface area contributed by atoms with Crippen molar-refractivity contribution in [2.75, 3.05) is 11.5 Å². The molecule has 4 nitrogen and oxygen atoms in total. The van der Waals surface area contributed by atoms with Crippen LogP contribution in [0.1, 0.15) is 16.8 Å². The molecule has 1 aliphatic heterocycles. The first kappa shape index (κ1) is 14.7. The number of nitrogens with one attached hydrogen (secondary N) is 1.